The van der Waals surface area contributed by atoms with Crippen LogP contribution in [0.1, 0.15) is 16.7 Å². The summed E-state index contributed by atoms with van der Waals surface area (Å²) in [5.41, 5.74) is 2.49. The minimum atomic E-state index is -0.341. The number of carbonyl (C=O) groups excluding carboxylic acids is 2. The van der Waals surface area contributed by atoms with Gasteiger partial charge < -0.3 is 9.47 Å². The van der Waals surface area contributed by atoms with Crippen molar-refractivity contribution >= 4 is 74.8 Å². The molecule has 0 radical (unpaired) electrons. The van der Waals surface area contributed by atoms with E-state index < -0.39 is 0 Å². The van der Waals surface area contributed by atoms with Gasteiger partial charge in [0.1, 0.15) is 6.61 Å². The van der Waals surface area contributed by atoms with Crippen LogP contribution in [0.5, 0.6) is 11.5 Å². The molecule has 0 saturated carbocycles. The van der Waals surface area contributed by atoms with Crippen LogP contribution in [0.15, 0.2) is 65.6 Å². The van der Waals surface area contributed by atoms with E-state index in [-0.39, 0.29) is 17.7 Å². The fourth-order valence-corrected chi connectivity index (χ4v) is 5.26. The first-order chi connectivity index (χ1) is 16.3. The van der Waals surface area contributed by atoms with E-state index in [2.05, 4.69) is 22.6 Å². The first-order valence-corrected chi connectivity index (χ1v) is 12.7. The molecule has 2 amide bonds. The van der Waals surface area contributed by atoms with E-state index in [1.54, 1.807) is 37.5 Å². The summed E-state index contributed by atoms with van der Waals surface area (Å²) in [6.07, 6.45) is 1.69. The molecule has 0 bridgehead atoms. The first-order valence-electron chi connectivity index (χ1n) is 10.1. The fourth-order valence-electron chi connectivity index (χ4n) is 3.30. The summed E-state index contributed by atoms with van der Waals surface area (Å²) < 4.78 is 12.4. The Morgan fingerprint density at radius 1 is 1.00 bits per heavy atom. The summed E-state index contributed by atoms with van der Waals surface area (Å²) in [7, 11) is 1.56. The lowest BCUT2D eigenvalue weighted by Crippen LogP contribution is -2.27. The Morgan fingerprint density at radius 3 is 2.47 bits per heavy atom. The smallest absolute Gasteiger partial charge is 0.293 e. The maximum absolute atomic E-state index is 12.9. The van der Waals surface area contributed by atoms with Crippen molar-refractivity contribution in [3.05, 3.63) is 95.9 Å². The van der Waals surface area contributed by atoms with E-state index in [0.717, 1.165) is 32.0 Å². The molecule has 1 heterocycles. The van der Waals surface area contributed by atoms with Gasteiger partial charge in [-0.15, -0.1) is 0 Å². The average molecular weight is 626 g/mol. The zero-order valence-corrected chi connectivity index (χ0v) is 22.4. The highest BCUT2D eigenvalue weighted by Crippen LogP contribution is 2.38. The van der Waals surface area contributed by atoms with Crippen LogP contribution >= 0.6 is 57.6 Å². The SMILES string of the molecule is COc1cc(/C=C2\SC(=O)N(Cc3cccc(Cl)c3)C2=O)cc(I)c1OCc1ccc(Cl)cc1. The standard InChI is InChI=1S/C25H18Cl2INO4S/c1-32-21-11-17(10-20(28)23(21)33-14-15-5-7-18(26)8-6-15)12-22-24(30)29(25(31)34-22)13-16-3-2-4-19(27)9-16/h2-12H,13-14H2,1H3/b22-12-. The lowest BCUT2D eigenvalue weighted by molar-refractivity contribution is -0.123. The Labute approximate surface area is 225 Å². The number of hydrogen-bond acceptors (Lipinski definition) is 5. The van der Waals surface area contributed by atoms with Crippen LogP contribution in [0, 0.1) is 3.57 Å². The number of benzene rings is 3. The topological polar surface area (TPSA) is 55.8 Å². The van der Waals surface area contributed by atoms with Gasteiger partial charge in [0, 0.05) is 10.0 Å². The van der Waals surface area contributed by atoms with Gasteiger partial charge in [0.25, 0.3) is 11.1 Å². The number of imide groups is 1. The van der Waals surface area contributed by atoms with Crippen molar-refractivity contribution in [1.29, 1.82) is 0 Å². The fraction of sp³-hybridized carbons (Fsp3) is 0.120. The van der Waals surface area contributed by atoms with Gasteiger partial charge in [-0.2, -0.15) is 0 Å². The highest BCUT2D eigenvalue weighted by Gasteiger charge is 2.35. The summed E-state index contributed by atoms with van der Waals surface area (Å²) in [5.74, 6) is 0.793. The summed E-state index contributed by atoms with van der Waals surface area (Å²) in [6.45, 7) is 0.520. The van der Waals surface area contributed by atoms with Gasteiger partial charge in [-0.05, 0) is 93.5 Å². The number of rotatable bonds is 7. The summed E-state index contributed by atoms with van der Waals surface area (Å²) in [4.78, 5) is 27.0. The molecule has 5 nitrogen and oxygen atoms in total. The highest BCUT2D eigenvalue weighted by molar-refractivity contribution is 14.1. The van der Waals surface area contributed by atoms with E-state index >= 15 is 0 Å². The molecule has 9 heteroatoms. The third-order valence-electron chi connectivity index (χ3n) is 4.95. The molecular weight excluding hydrogens is 608 g/mol. The highest BCUT2D eigenvalue weighted by atomic mass is 127. The van der Waals surface area contributed by atoms with Crippen LogP contribution in [0.2, 0.25) is 10.0 Å². The van der Waals surface area contributed by atoms with Gasteiger partial charge in [0.2, 0.25) is 0 Å². The van der Waals surface area contributed by atoms with Crippen LogP contribution in [-0.4, -0.2) is 23.2 Å². The van der Waals surface area contributed by atoms with Crippen LogP contribution in [0.25, 0.3) is 6.08 Å². The van der Waals surface area contributed by atoms with Crippen molar-refractivity contribution in [1.82, 2.24) is 4.90 Å². The predicted octanol–water partition coefficient (Wildman–Crippen LogP) is 7.42. The van der Waals surface area contributed by atoms with Crippen molar-refractivity contribution in [2.45, 2.75) is 13.2 Å². The van der Waals surface area contributed by atoms with Gasteiger partial charge in [0.15, 0.2) is 11.5 Å². The lowest BCUT2D eigenvalue weighted by atomic mass is 10.1. The summed E-state index contributed by atoms with van der Waals surface area (Å²) in [5, 5.41) is 0.901. The zero-order valence-electron chi connectivity index (χ0n) is 17.9. The number of carbonyl (C=O) groups is 2. The molecule has 1 saturated heterocycles. The second-order valence-corrected chi connectivity index (χ2v) is 10.4. The number of nitrogens with zero attached hydrogens (tertiary/aromatic N) is 1. The molecule has 3 aromatic carbocycles. The molecule has 174 valence electrons. The Kier molecular flexibility index (Phi) is 8.08. The van der Waals surface area contributed by atoms with E-state index in [1.807, 2.05) is 36.4 Å². The monoisotopic (exact) mass is 625 g/mol. The van der Waals surface area contributed by atoms with Crippen LogP contribution in [0.4, 0.5) is 4.79 Å². The minimum absolute atomic E-state index is 0.168. The second-order valence-electron chi connectivity index (χ2n) is 7.35. The molecule has 0 spiro atoms. The Morgan fingerprint density at radius 2 is 1.76 bits per heavy atom. The molecule has 1 aliphatic rings. The van der Waals surface area contributed by atoms with Crippen molar-refractivity contribution < 1.29 is 19.1 Å². The first kappa shape index (κ1) is 24.9. The molecule has 0 aliphatic carbocycles. The van der Waals surface area contributed by atoms with Gasteiger partial charge in [-0.3, -0.25) is 14.5 Å². The summed E-state index contributed by atoms with van der Waals surface area (Å²) in [6, 6.07) is 18.2. The average Bonchev–Trinajstić information content (AvgIpc) is 3.06. The molecule has 0 atom stereocenters. The van der Waals surface area contributed by atoms with Crippen molar-refractivity contribution in [2.75, 3.05) is 7.11 Å². The number of ether oxygens (including phenoxy) is 2. The molecule has 0 aromatic heterocycles. The lowest BCUT2D eigenvalue weighted by Gasteiger charge is -2.14. The van der Waals surface area contributed by atoms with Gasteiger partial charge in [0.05, 0.1) is 22.1 Å². The Bertz CT molecular complexity index is 1280. The maximum atomic E-state index is 12.9. The second kappa shape index (κ2) is 11.0. The third kappa shape index (κ3) is 5.89. The van der Waals surface area contributed by atoms with Crippen molar-refractivity contribution in [3.8, 4) is 11.5 Å². The molecule has 1 fully saturated rings. The molecule has 0 N–H and O–H groups in total. The summed E-state index contributed by atoms with van der Waals surface area (Å²) >= 11 is 15.0. The van der Waals surface area contributed by atoms with E-state index in [1.165, 1.54) is 4.90 Å². The number of amides is 2. The predicted molar refractivity (Wildman–Crippen MR) is 144 cm³/mol. The number of halogens is 3. The van der Waals surface area contributed by atoms with Crippen molar-refractivity contribution in [3.63, 3.8) is 0 Å². The van der Waals surface area contributed by atoms with Gasteiger partial charge in [-0.1, -0.05) is 47.5 Å². The Hall–Kier alpha value is -2.20. The largest absolute Gasteiger partial charge is 0.493 e. The Balaban J connectivity index is 1.53. The molecule has 1 aliphatic heterocycles. The number of methoxy groups -OCH3 is 1. The number of thioether (sulfide) groups is 1. The molecule has 3 aromatic rings. The minimum Gasteiger partial charge on any atom is -0.493 e. The molecule has 4 rings (SSSR count). The molecular formula is C25H18Cl2INO4S. The van der Waals surface area contributed by atoms with Crippen LogP contribution in [-0.2, 0) is 17.9 Å². The van der Waals surface area contributed by atoms with Gasteiger partial charge in [-0.25, -0.2) is 0 Å². The maximum Gasteiger partial charge on any atom is 0.293 e. The third-order valence-corrected chi connectivity index (χ3v) is 7.15. The van der Waals surface area contributed by atoms with E-state index in [4.69, 9.17) is 32.7 Å². The quantitative estimate of drug-likeness (QED) is 0.202. The van der Waals surface area contributed by atoms with E-state index in [9.17, 15) is 9.59 Å². The van der Waals surface area contributed by atoms with Crippen LogP contribution in [0.3, 0.4) is 0 Å². The molecule has 34 heavy (non-hydrogen) atoms. The number of hydrogen-bond donors (Lipinski definition) is 0. The van der Waals surface area contributed by atoms with Crippen molar-refractivity contribution in [2.24, 2.45) is 0 Å². The zero-order chi connectivity index (χ0) is 24.2. The molecule has 0 unspecified atom stereocenters. The van der Waals surface area contributed by atoms with Gasteiger partial charge >= 0.3 is 0 Å². The van der Waals surface area contributed by atoms with E-state index in [0.29, 0.717) is 33.1 Å². The normalized spacial score (nSPS) is 14.7. The van der Waals surface area contributed by atoms with Crippen LogP contribution < -0.4 is 9.47 Å².